The summed E-state index contributed by atoms with van der Waals surface area (Å²) >= 11 is 0. The van der Waals surface area contributed by atoms with Gasteiger partial charge in [-0.25, -0.2) is 9.67 Å². The SMILES string of the molecule is O=C(Nc1cc(-c2cccnc2)ccn1)c1cn([C@H]2CCCNC2)nn1. The van der Waals surface area contributed by atoms with Crippen LogP contribution >= 0.6 is 0 Å². The summed E-state index contributed by atoms with van der Waals surface area (Å²) in [5.41, 5.74) is 2.17. The number of rotatable bonds is 4. The third-order valence-electron chi connectivity index (χ3n) is 4.38. The summed E-state index contributed by atoms with van der Waals surface area (Å²) in [5, 5.41) is 14.2. The Labute approximate surface area is 150 Å². The number of pyridine rings is 2. The van der Waals surface area contributed by atoms with E-state index in [2.05, 4.69) is 30.9 Å². The van der Waals surface area contributed by atoms with Crippen LogP contribution in [0.4, 0.5) is 5.82 Å². The van der Waals surface area contributed by atoms with Crippen LogP contribution in [0.2, 0.25) is 0 Å². The second-order valence-corrected chi connectivity index (χ2v) is 6.21. The molecule has 8 heteroatoms. The molecule has 0 aliphatic carbocycles. The van der Waals surface area contributed by atoms with Crippen LogP contribution < -0.4 is 10.6 Å². The van der Waals surface area contributed by atoms with Crippen molar-refractivity contribution in [2.24, 2.45) is 0 Å². The van der Waals surface area contributed by atoms with Crippen molar-refractivity contribution in [3.05, 3.63) is 54.7 Å². The van der Waals surface area contributed by atoms with Gasteiger partial charge in [0.25, 0.3) is 5.91 Å². The van der Waals surface area contributed by atoms with Crippen LogP contribution in [0, 0.1) is 0 Å². The normalized spacial score (nSPS) is 17.0. The number of amides is 1. The van der Waals surface area contributed by atoms with Gasteiger partial charge in [-0.1, -0.05) is 11.3 Å². The topological polar surface area (TPSA) is 97.6 Å². The van der Waals surface area contributed by atoms with E-state index in [1.54, 1.807) is 29.5 Å². The smallest absolute Gasteiger partial charge is 0.278 e. The van der Waals surface area contributed by atoms with Crippen molar-refractivity contribution in [1.29, 1.82) is 0 Å². The van der Waals surface area contributed by atoms with Crippen molar-refractivity contribution in [2.75, 3.05) is 18.4 Å². The molecule has 0 saturated carbocycles. The highest BCUT2D eigenvalue weighted by molar-refractivity contribution is 6.02. The lowest BCUT2D eigenvalue weighted by molar-refractivity contribution is 0.102. The molecule has 4 heterocycles. The van der Waals surface area contributed by atoms with E-state index in [0.717, 1.165) is 37.1 Å². The van der Waals surface area contributed by atoms with E-state index < -0.39 is 0 Å². The Kier molecular flexibility index (Phi) is 4.65. The number of hydrogen-bond acceptors (Lipinski definition) is 6. The Morgan fingerprint density at radius 1 is 1.27 bits per heavy atom. The molecule has 1 amide bonds. The first kappa shape index (κ1) is 16.3. The fourth-order valence-corrected chi connectivity index (χ4v) is 3.01. The van der Waals surface area contributed by atoms with Gasteiger partial charge in [0.2, 0.25) is 0 Å². The Balaban J connectivity index is 1.47. The standard InChI is InChI=1S/C18H19N7O/c26-18(16-12-25(24-23-16)15-4-2-7-20-11-15)22-17-9-13(5-8-21-17)14-3-1-6-19-10-14/h1,3,5-6,8-10,12,15,20H,2,4,7,11H2,(H,21,22,26)/t15-/m0/s1. The molecule has 3 aromatic rings. The molecular weight excluding hydrogens is 330 g/mol. The van der Waals surface area contributed by atoms with Crippen molar-refractivity contribution < 1.29 is 4.79 Å². The minimum Gasteiger partial charge on any atom is -0.315 e. The maximum Gasteiger partial charge on any atom is 0.278 e. The van der Waals surface area contributed by atoms with Gasteiger partial charge in [0.15, 0.2) is 5.69 Å². The average molecular weight is 349 g/mol. The molecule has 8 nitrogen and oxygen atoms in total. The zero-order valence-corrected chi connectivity index (χ0v) is 14.2. The molecule has 0 bridgehead atoms. The van der Waals surface area contributed by atoms with E-state index in [1.165, 1.54) is 0 Å². The van der Waals surface area contributed by atoms with Crippen molar-refractivity contribution >= 4 is 11.7 Å². The first-order chi connectivity index (χ1) is 12.8. The number of hydrogen-bond donors (Lipinski definition) is 2. The van der Waals surface area contributed by atoms with Crippen LogP contribution in [0.25, 0.3) is 11.1 Å². The Morgan fingerprint density at radius 2 is 2.23 bits per heavy atom. The molecule has 0 aromatic carbocycles. The second-order valence-electron chi connectivity index (χ2n) is 6.21. The minimum absolute atomic E-state index is 0.241. The third kappa shape index (κ3) is 3.60. The molecule has 0 spiro atoms. The lowest BCUT2D eigenvalue weighted by Gasteiger charge is -2.22. The maximum atomic E-state index is 12.5. The molecule has 4 rings (SSSR count). The predicted octanol–water partition coefficient (Wildman–Crippen LogP) is 1.91. The Hall–Kier alpha value is -3.13. The fourth-order valence-electron chi connectivity index (χ4n) is 3.01. The molecule has 1 saturated heterocycles. The number of nitrogens with one attached hydrogen (secondary N) is 2. The highest BCUT2D eigenvalue weighted by Crippen LogP contribution is 2.20. The van der Waals surface area contributed by atoms with Gasteiger partial charge < -0.3 is 10.6 Å². The summed E-state index contributed by atoms with van der Waals surface area (Å²) in [7, 11) is 0. The molecule has 0 unspecified atom stereocenters. The van der Waals surface area contributed by atoms with E-state index in [4.69, 9.17) is 0 Å². The highest BCUT2D eigenvalue weighted by atomic mass is 16.2. The van der Waals surface area contributed by atoms with Crippen molar-refractivity contribution in [1.82, 2.24) is 30.3 Å². The first-order valence-electron chi connectivity index (χ1n) is 8.60. The molecule has 132 valence electrons. The number of carbonyl (C=O) groups excluding carboxylic acids is 1. The summed E-state index contributed by atoms with van der Waals surface area (Å²) in [6.45, 7) is 1.87. The Bertz CT molecular complexity index is 887. The van der Waals surface area contributed by atoms with Crippen molar-refractivity contribution in [2.45, 2.75) is 18.9 Å². The largest absolute Gasteiger partial charge is 0.315 e. The van der Waals surface area contributed by atoms with Crippen LogP contribution in [0.3, 0.4) is 0 Å². The minimum atomic E-state index is -0.323. The summed E-state index contributed by atoms with van der Waals surface area (Å²) in [5.74, 6) is 0.140. The number of anilines is 1. The molecule has 1 aliphatic rings. The van der Waals surface area contributed by atoms with Gasteiger partial charge in [0.1, 0.15) is 5.82 Å². The Morgan fingerprint density at radius 3 is 3.04 bits per heavy atom. The number of aromatic nitrogens is 5. The zero-order chi connectivity index (χ0) is 17.8. The molecule has 0 radical (unpaired) electrons. The summed E-state index contributed by atoms with van der Waals surface area (Å²) in [6.07, 6.45) is 8.97. The number of piperidine rings is 1. The van der Waals surface area contributed by atoms with Gasteiger partial charge in [-0.15, -0.1) is 5.10 Å². The van der Waals surface area contributed by atoms with Crippen molar-refractivity contribution in [3.63, 3.8) is 0 Å². The molecule has 26 heavy (non-hydrogen) atoms. The summed E-state index contributed by atoms with van der Waals surface area (Å²) in [4.78, 5) is 20.8. The lowest BCUT2D eigenvalue weighted by Crippen LogP contribution is -2.31. The van der Waals surface area contributed by atoms with Gasteiger partial charge in [0.05, 0.1) is 12.2 Å². The summed E-state index contributed by atoms with van der Waals surface area (Å²) < 4.78 is 1.76. The molecule has 1 aliphatic heterocycles. The number of carbonyl (C=O) groups is 1. The monoisotopic (exact) mass is 349 g/mol. The van der Waals surface area contributed by atoms with Crippen LogP contribution in [-0.2, 0) is 0 Å². The maximum absolute atomic E-state index is 12.5. The van der Waals surface area contributed by atoms with Crippen molar-refractivity contribution in [3.8, 4) is 11.1 Å². The lowest BCUT2D eigenvalue weighted by atomic mass is 10.1. The van der Waals surface area contributed by atoms with E-state index in [0.29, 0.717) is 5.82 Å². The second kappa shape index (κ2) is 7.40. The van der Waals surface area contributed by atoms with E-state index in [1.807, 2.05) is 24.3 Å². The molecule has 1 atom stereocenters. The van der Waals surface area contributed by atoms with E-state index in [-0.39, 0.29) is 17.6 Å². The zero-order valence-electron chi connectivity index (χ0n) is 14.2. The fraction of sp³-hybridized carbons (Fsp3) is 0.278. The van der Waals surface area contributed by atoms with Crippen LogP contribution in [0.15, 0.2) is 49.1 Å². The molecule has 1 fully saturated rings. The van der Waals surface area contributed by atoms with Crippen LogP contribution in [0.1, 0.15) is 29.4 Å². The quantitative estimate of drug-likeness (QED) is 0.747. The summed E-state index contributed by atoms with van der Waals surface area (Å²) in [6, 6.07) is 7.75. The predicted molar refractivity (Wildman–Crippen MR) is 96.6 cm³/mol. The van der Waals surface area contributed by atoms with Gasteiger partial charge in [0, 0.05) is 30.7 Å². The van der Waals surface area contributed by atoms with Gasteiger partial charge >= 0.3 is 0 Å². The van der Waals surface area contributed by atoms with Gasteiger partial charge in [-0.05, 0) is 43.1 Å². The van der Waals surface area contributed by atoms with E-state index >= 15 is 0 Å². The van der Waals surface area contributed by atoms with Crippen LogP contribution in [-0.4, -0.2) is 44.0 Å². The molecule has 3 aromatic heterocycles. The highest BCUT2D eigenvalue weighted by Gasteiger charge is 2.19. The van der Waals surface area contributed by atoms with Crippen LogP contribution in [0.5, 0.6) is 0 Å². The average Bonchev–Trinajstić information content (AvgIpc) is 3.20. The van der Waals surface area contributed by atoms with Gasteiger partial charge in [-0.3, -0.25) is 9.78 Å². The van der Waals surface area contributed by atoms with Gasteiger partial charge in [-0.2, -0.15) is 0 Å². The van der Waals surface area contributed by atoms with E-state index in [9.17, 15) is 4.79 Å². The molecule has 2 N–H and O–H groups in total. The first-order valence-corrected chi connectivity index (χ1v) is 8.60. The number of nitrogens with zero attached hydrogens (tertiary/aromatic N) is 5. The molecular formula is C18H19N7O. The third-order valence-corrected chi connectivity index (χ3v) is 4.38.